The zero-order chi connectivity index (χ0) is 22.7. The maximum atomic E-state index is 13.3. The van der Waals surface area contributed by atoms with Crippen LogP contribution in [0.2, 0.25) is 0 Å². The van der Waals surface area contributed by atoms with Crippen LogP contribution < -0.4 is 20.9 Å². The van der Waals surface area contributed by atoms with Gasteiger partial charge in [0.15, 0.2) is 16.7 Å². The molecule has 8 nitrogen and oxygen atoms in total. The van der Waals surface area contributed by atoms with Crippen molar-refractivity contribution in [2.75, 3.05) is 38.0 Å². The monoisotopic (exact) mass is 451 g/mol. The summed E-state index contributed by atoms with van der Waals surface area (Å²) in [4.78, 5) is 23.5. The second kappa shape index (κ2) is 9.35. The number of amides is 1. The van der Waals surface area contributed by atoms with Gasteiger partial charge in [-0.05, 0) is 35.2 Å². The third-order valence-electron chi connectivity index (χ3n) is 5.38. The fourth-order valence-electron chi connectivity index (χ4n) is 3.94. The van der Waals surface area contributed by atoms with Gasteiger partial charge in [0.25, 0.3) is 0 Å². The molecule has 4 N–H and O–H groups in total. The van der Waals surface area contributed by atoms with Gasteiger partial charge in [-0.15, -0.1) is 0 Å². The van der Waals surface area contributed by atoms with E-state index in [1.54, 1.807) is 14.2 Å². The minimum absolute atomic E-state index is 0.0196. The van der Waals surface area contributed by atoms with Gasteiger partial charge in [-0.1, -0.05) is 42.1 Å². The first-order chi connectivity index (χ1) is 15.5. The number of ether oxygens (including phenoxy) is 2. The van der Waals surface area contributed by atoms with Crippen LogP contribution in [0.3, 0.4) is 0 Å². The summed E-state index contributed by atoms with van der Waals surface area (Å²) in [5, 5.41) is 0.385. The number of anilines is 2. The number of nitrogen functional groups attached to an aromatic ring is 2. The molecule has 2 heterocycles. The van der Waals surface area contributed by atoms with Crippen molar-refractivity contribution in [3.8, 4) is 11.5 Å². The fourth-order valence-corrected chi connectivity index (χ4v) is 4.70. The zero-order valence-electron chi connectivity index (χ0n) is 17.9. The number of hydrogen-bond acceptors (Lipinski definition) is 8. The van der Waals surface area contributed by atoms with Gasteiger partial charge in [0.05, 0.1) is 26.0 Å². The first-order valence-corrected chi connectivity index (χ1v) is 11.1. The molecule has 0 fully saturated rings. The summed E-state index contributed by atoms with van der Waals surface area (Å²) < 4.78 is 11.0. The molecule has 1 amide bonds. The first-order valence-electron chi connectivity index (χ1n) is 10.1. The Morgan fingerprint density at radius 2 is 1.72 bits per heavy atom. The predicted molar refractivity (Wildman–Crippen MR) is 125 cm³/mol. The molecule has 1 aliphatic rings. The minimum atomic E-state index is -0.236. The largest absolute Gasteiger partial charge is 0.493 e. The van der Waals surface area contributed by atoms with Crippen molar-refractivity contribution in [2.45, 2.75) is 17.6 Å². The Labute approximate surface area is 190 Å². The third-order valence-corrected chi connectivity index (χ3v) is 6.21. The van der Waals surface area contributed by atoms with E-state index in [1.807, 2.05) is 47.4 Å². The molecule has 1 atom stereocenters. The van der Waals surface area contributed by atoms with Crippen molar-refractivity contribution in [3.05, 3.63) is 65.2 Å². The summed E-state index contributed by atoms with van der Waals surface area (Å²) in [6.45, 7) is 0.585. The zero-order valence-corrected chi connectivity index (χ0v) is 18.8. The van der Waals surface area contributed by atoms with Gasteiger partial charge in [-0.2, -0.15) is 0 Å². The molecule has 166 valence electrons. The Morgan fingerprint density at radius 1 is 1.06 bits per heavy atom. The fraction of sp³-hybridized carbons (Fsp3) is 0.261. The molecule has 3 aromatic rings. The third kappa shape index (κ3) is 4.43. The van der Waals surface area contributed by atoms with Crippen LogP contribution in [0.5, 0.6) is 11.5 Å². The average molecular weight is 452 g/mol. The number of benzene rings is 2. The minimum Gasteiger partial charge on any atom is -0.493 e. The second-order valence-electron chi connectivity index (χ2n) is 7.35. The number of nitrogens with zero attached hydrogens (tertiary/aromatic N) is 3. The molecule has 32 heavy (non-hydrogen) atoms. The smallest absolute Gasteiger partial charge is 0.233 e. The number of fused-ring (bicyclic) bond motifs is 1. The first kappa shape index (κ1) is 21.8. The van der Waals surface area contributed by atoms with Crippen LogP contribution in [0, 0.1) is 0 Å². The van der Waals surface area contributed by atoms with Crippen molar-refractivity contribution >= 4 is 29.3 Å². The van der Waals surface area contributed by atoms with Crippen LogP contribution in [0.25, 0.3) is 0 Å². The molecule has 0 saturated carbocycles. The molecule has 1 aromatic heterocycles. The van der Waals surface area contributed by atoms with Crippen molar-refractivity contribution in [1.82, 2.24) is 14.9 Å². The number of methoxy groups -OCH3 is 2. The van der Waals surface area contributed by atoms with E-state index in [4.69, 9.17) is 20.9 Å². The lowest BCUT2D eigenvalue weighted by atomic mass is 9.87. The van der Waals surface area contributed by atoms with E-state index >= 15 is 0 Å². The second-order valence-corrected chi connectivity index (χ2v) is 8.29. The number of thioether (sulfide) groups is 1. The molecule has 0 bridgehead atoms. The van der Waals surface area contributed by atoms with Gasteiger partial charge in [0, 0.05) is 12.6 Å². The lowest BCUT2D eigenvalue weighted by Crippen LogP contribution is -2.41. The highest BCUT2D eigenvalue weighted by molar-refractivity contribution is 7.99. The molecular formula is C23H25N5O3S. The Balaban J connectivity index is 1.66. The van der Waals surface area contributed by atoms with E-state index in [9.17, 15) is 4.79 Å². The topological polar surface area (TPSA) is 117 Å². The number of rotatable bonds is 6. The maximum Gasteiger partial charge on any atom is 0.233 e. The van der Waals surface area contributed by atoms with E-state index in [0.717, 1.165) is 23.1 Å². The molecule has 1 unspecified atom stereocenters. The summed E-state index contributed by atoms with van der Waals surface area (Å²) in [5.74, 6) is 2.04. The molecule has 0 saturated heterocycles. The van der Waals surface area contributed by atoms with Crippen LogP contribution in [0.4, 0.5) is 11.6 Å². The molecule has 0 spiro atoms. The van der Waals surface area contributed by atoms with Gasteiger partial charge in [0.1, 0.15) is 11.6 Å². The number of carbonyl (C=O) groups excluding carboxylic acids is 1. The Kier molecular flexibility index (Phi) is 6.36. The molecule has 0 radical (unpaired) electrons. The molecule has 9 heteroatoms. The molecule has 0 aliphatic carbocycles. The van der Waals surface area contributed by atoms with Gasteiger partial charge in [-0.25, -0.2) is 9.97 Å². The predicted octanol–water partition coefficient (Wildman–Crippen LogP) is 2.92. The van der Waals surface area contributed by atoms with Gasteiger partial charge in [-0.3, -0.25) is 4.79 Å². The SMILES string of the molecule is COc1cc2c(cc1OC)C(c1ccccc1)N(C(=O)CSc1nc(N)cc(N)n1)CC2. The van der Waals surface area contributed by atoms with Gasteiger partial charge in [0.2, 0.25) is 5.91 Å². The Morgan fingerprint density at radius 3 is 2.38 bits per heavy atom. The highest BCUT2D eigenvalue weighted by Crippen LogP contribution is 2.41. The van der Waals surface area contributed by atoms with E-state index in [2.05, 4.69) is 9.97 Å². The summed E-state index contributed by atoms with van der Waals surface area (Å²) in [5.41, 5.74) is 14.7. The van der Waals surface area contributed by atoms with Crippen molar-refractivity contribution in [3.63, 3.8) is 0 Å². The van der Waals surface area contributed by atoms with Crippen molar-refractivity contribution in [2.24, 2.45) is 0 Å². The number of aromatic nitrogens is 2. The number of nitrogens with two attached hydrogens (primary N) is 2. The Hall–Kier alpha value is -3.46. The number of carbonyl (C=O) groups is 1. The molecule has 2 aromatic carbocycles. The average Bonchev–Trinajstić information content (AvgIpc) is 2.80. The van der Waals surface area contributed by atoms with E-state index in [1.165, 1.54) is 17.8 Å². The van der Waals surface area contributed by atoms with Crippen LogP contribution in [0.15, 0.2) is 53.7 Å². The lowest BCUT2D eigenvalue weighted by Gasteiger charge is -2.38. The molecule has 4 rings (SSSR count). The quantitative estimate of drug-likeness (QED) is 0.434. The van der Waals surface area contributed by atoms with Crippen LogP contribution in [-0.4, -0.2) is 47.3 Å². The van der Waals surface area contributed by atoms with Crippen LogP contribution in [-0.2, 0) is 11.2 Å². The van der Waals surface area contributed by atoms with Crippen molar-refractivity contribution in [1.29, 1.82) is 0 Å². The van der Waals surface area contributed by atoms with Gasteiger partial charge >= 0.3 is 0 Å². The Bertz CT molecular complexity index is 1110. The standard InChI is InChI=1S/C23H25N5O3S/c1-30-17-10-15-8-9-28(21(29)13-32-23-26-19(24)12-20(25)27-23)22(14-6-4-3-5-7-14)16(15)11-18(17)31-2/h3-7,10-12,22H,8-9,13H2,1-2H3,(H4,24,25,26,27). The maximum absolute atomic E-state index is 13.3. The normalized spacial score (nSPS) is 15.2. The number of hydrogen-bond donors (Lipinski definition) is 2. The van der Waals surface area contributed by atoms with E-state index in [0.29, 0.717) is 23.2 Å². The lowest BCUT2D eigenvalue weighted by molar-refractivity contribution is -0.130. The highest BCUT2D eigenvalue weighted by atomic mass is 32.2. The summed E-state index contributed by atoms with van der Waals surface area (Å²) in [7, 11) is 3.24. The summed E-state index contributed by atoms with van der Waals surface area (Å²) >= 11 is 1.22. The van der Waals surface area contributed by atoms with Crippen molar-refractivity contribution < 1.29 is 14.3 Å². The summed E-state index contributed by atoms with van der Waals surface area (Å²) in [6, 6.07) is 15.2. The highest BCUT2D eigenvalue weighted by Gasteiger charge is 2.33. The van der Waals surface area contributed by atoms with Gasteiger partial charge < -0.3 is 25.8 Å². The van der Waals surface area contributed by atoms with Crippen LogP contribution in [0.1, 0.15) is 22.7 Å². The van der Waals surface area contributed by atoms with E-state index in [-0.39, 0.29) is 29.3 Å². The molecule has 1 aliphatic heterocycles. The summed E-state index contributed by atoms with van der Waals surface area (Å²) in [6.07, 6.45) is 0.719. The van der Waals surface area contributed by atoms with E-state index < -0.39 is 0 Å². The van der Waals surface area contributed by atoms with Crippen LogP contribution >= 0.6 is 11.8 Å². The molecular weight excluding hydrogens is 426 g/mol.